The van der Waals surface area contributed by atoms with Crippen molar-refractivity contribution in [3.63, 3.8) is 0 Å². The standard InChI is InChI=1S/C12H13N3O4/c1-19-9-4-2-8(3-5-9)14-10(16)7-15-11(17)6-13-12(15)18/h2-5H,6-7H2,1H3,(H,13,18)(H,14,16). The minimum absolute atomic E-state index is 0.0609. The van der Waals surface area contributed by atoms with Crippen LogP contribution in [0.25, 0.3) is 0 Å². The van der Waals surface area contributed by atoms with E-state index in [9.17, 15) is 14.4 Å². The van der Waals surface area contributed by atoms with E-state index in [1.54, 1.807) is 31.4 Å². The molecular weight excluding hydrogens is 250 g/mol. The lowest BCUT2D eigenvalue weighted by molar-refractivity contribution is -0.128. The number of carbonyl (C=O) groups is 3. The number of benzene rings is 1. The van der Waals surface area contributed by atoms with Gasteiger partial charge in [-0.15, -0.1) is 0 Å². The lowest BCUT2D eigenvalue weighted by atomic mass is 10.3. The van der Waals surface area contributed by atoms with E-state index in [-0.39, 0.29) is 13.1 Å². The average Bonchev–Trinajstić information content (AvgIpc) is 2.71. The summed E-state index contributed by atoms with van der Waals surface area (Å²) in [4.78, 5) is 35.1. The topological polar surface area (TPSA) is 87.7 Å². The van der Waals surface area contributed by atoms with E-state index in [0.29, 0.717) is 11.4 Å². The molecule has 0 saturated carbocycles. The highest BCUT2D eigenvalue weighted by Crippen LogP contribution is 2.15. The summed E-state index contributed by atoms with van der Waals surface area (Å²) in [5.41, 5.74) is 0.567. The molecule has 0 aromatic heterocycles. The van der Waals surface area contributed by atoms with Crippen LogP contribution in [0, 0.1) is 0 Å². The maximum Gasteiger partial charge on any atom is 0.325 e. The molecule has 1 saturated heterocycles. The molecule has 0 aliphatic carbocycles. The zero-order valence-corrected chi connectivity index (χ0v) is 10.3. The first-order valence-corrected chi connectivity index (χ1v) is 5.62. The Balaban J connectivity index is 1.93. The summed E-state index contributed by atoms with van der Waals surface area (Å²) in [6.07, 6.45) is 0. The Bertz CT molecular complexity index is 496. The fourth-order valence-corrected chi connectivity index (χ4v) is 1.63. The van der Waals surface area contributed by atoms with E-state index in [4.69, 9.17) is 4.74 Å². The van der Waals surface area contributed by atoms with Gasteiger partial charge >= 0.3 is 6.03 Å². The second-order valence-corrected chi connectivity index (χ2v) is 3.92. The summed E-state index contributed by atoms with van der Waals surface area (Å²) in [7, 11) is 1.55. The van der Waals surface area contributed by atoms with Gasteiger partial charge in [0.05, 0.1) is 13.7 Å². The first-order valence-electron chi connectivity index (χ1n) is 5.62. The number of methoxy groups -OCH3 is 1. The van der Waals surface area contributed by atoms with E-state index in [1.807, 2.05) is 0 Å². The molecule has 2 rings (SSSR count). The summed E-state index contributed by atoms with van der Waals surface area (Å²) in [6.45, 7) is -0.356. The monoisotopic (exact) mass is 263 g/mol. The number of nitrogens with zero attached hydrogens (tertiary/aromatic N) is 1. The van der Waals surface area contributed by atoms with Gasteiger partial charge in [0.25, 0.3) is 5.91 Å². The number of imide groups is 1. The van der Waals surface area contributed by atoms with Gasteiger partial charge in [-0.05, 0) is 24.3 Å². The molecule has 2 N–H and O–H groups in total. The first-order chi connectivity index (χ1) is 9.10. The van der Waals surface area contributed by atoms with Gasteiger partial charge in [-0.1, -0.05) is 0 Å². The predicted octanol–water partition coefficient (Wildman–Crippen LogP) is 0.185. The zero-order chi connectivity index (χ0) is 13.8. The number of hydrogen-bond donors (Lipinski definition) is 2. The molecular formula is C12H13N3O4. The van der Waals surface area contributed by atoms with Crippen LogP contribution in [0.15, 0.2) is 24.3 Å². The number of rotatable bonds is 4. The van der Waals surface area contributed by atoms with Crippen LogP contribution in [0.3, 0.4) is 0 Å². The third-order valence-corrected chi connectivity index (χ3v) is 2.61. The quantitative estimate of drug-likeness (QED) is 0.759. The Kier molecular flexibility index (Phi) is 3.65. The third kappa shape index (κ3) is 3.01. The number of urea groups is 1. The molecule has 1 heterocycles. The Labute approximate surface area is 109 Å². The highest BCUT2D eigenvalue weighted by atomic mass is 16.5. The Hall–Kier alpha value is -2.57. The normalized spacial score (nSPS) is 14.3. The maximum absolute atomic E-state index is 11.7. The molecule has 1 aliphatic heterocycles. The molecule has 0 atom stereocenters. The Morgan fingerprint density at radius 3 is 2.58 bits per heavy atom. The lowest BCUT2D eigenvalue weighted by Crippen LogP contribution is -2.38. The van der Waals surface area contributed by atoms with E-state index in [1.165, 1.54) is 0 Å². The molecule has 1 aromatic carbocycles. The van der Waals surface area contributed by atoms with Gasteiger partial charge in [0.1, 0.15) is 12.3 Å². The number of amides is 4. The van der Waals surface area contributed by atoms with E-state index >= 15 is 0 Å². The Morgan fingerprint density at radius 1 is 1.37 bits per heavy atom. The smallest absolute Gasteiger partial charge is 0.325 e. The summed E-state index contributed by atoms with van der Waals surface area (Å²) in [5.74, 6) is -0.169. The van der Waals surface area contributed by atoms with Crippen LogP contribution in [0.1, 0.15) is 0 Å². The van der Waals surface area contributed by atoms with Crippen molar-refractivity contribution in [2.24, 2.45) is 0 Å². The summed E-state index contributed by atoms with van der Waals surface area (Å²) in [6, 6.07) is 6.19. The number of carbonyl (C=O) groups excluding carboxylic acids is 3. The second-order valence-electron chi connectivity index (χ2n) is 3.92. The van der Waals surface area contributed by atoms with Gasteiger partial charge in [0.15, 0.2) is 0 Å². The minimum atomic E-state index is -0.546. The van der Waals surface area contributed by atoms with Crippen molar-refractivity contribution in [3.8, 4) is 5.75 Å². The SMILES string of the molecule is COc1ccc(NC(=O)CN2C(=O)CNC2=O)cc1. The van der Waals surface area contributed by atoms with Crippen molar-refractivity contribution in [2.75, 3.05) is 25.5 Å². The molecule has 1 fully saturated rings. The van der Waals surface area contributed by atoms with Crippen LogP contribution in [-0.2, 0) is 9.59 Å². The number of hydrogen-bond acceptors (Lipinski definition) is 4. The predicted molar refractivity (Wildman–Crippen MR) is 66.7 cm³/mol. The van der Waals surface area contributed by atoms with Crippen molar-refractivity contribution >= 4 is 23.5 Å². The van der Waals surface area contributed by atoms with Crippen LogP contribution in [0.2, 0.25) is 0 Å². The molecule has 1 aliphatic rings. The fourth-order valence-electron chi connectivity index (χ4n) is 1.63. The molecule has 0 radical (unpaired) electrons. The molecule has 7 heteroatoms. The number of anilines is 1. The van der Waals surface area contributed by atoms with Gasteiger partial charge in [0.2, 0.25) is 5.91 Å². The van der Waals surface area contributed by atoms with Crippen molar-refractivity contribution in [1.82, 2.24) is 10.2 Å². The maximum atomic E-state index is 11.7. The highest BCUT2D eigenvalue weighted by Gasteiger charge is 2.30. The largest absolute Gasteiger partial charge is 0.497 e. The van der Waals surface area contributed by atoms with Crippen LogP contribution in [-0.4, -0.2) is 42.9 Å². The molecule has 19 heavy (non-hydrogen) atoms. The van der Waals surface area contributed by atoms with Gasteiger partial charge in [-0.3, -0.25) is 14.5 Å². The molecule has 100 valence electrons. The van der Waals surface area contributed by atoms with Crippen LogP contribution in [0.5, 0.6) is 5.75 Å². The van der Waals surface area contributed by atoms with Crippen LogP contribution in [0.4, 0.5) is 10.5 Å². The highest BCUT2D eigenvalue weighted by molar-refractivity contribution is 6.06. The molecule has 7 nitrogen and oxygen atoms in total. The van der Waals surface area contributed by atoms with Crippen molar-refractivity contribution in [1.29, 1.82) is 0 Å². The lowest BCUT2D eigenvalue weighted by Gasteiger charge is -2.12. The van der Waals surface area contributed by atoms with E-state index < -0.39 is 17.8 Å². The average molecular weight is 263 g/mol. The second kappa shape index (κ2) is 5.38. The van der Waals surface area contributed by atoms with Crippen LogP contribution >= 0.6 is 0 Å². The van der Waals surface area contributed by atoms with Crippen molar-refractivity contribution in [2.45, 2.75) is 0 Å². The van der Waals surface area contributed by atoms with E-state index in [2.05, 4.69) is 10.6 Å². The van der Waals surface area contributed by atoms with Crippen LogP contribution < -0.4 is 15.4 Å². The minimum Gasteiger partial charge on any atom is -0.497 e. The molecule has 1 aromatic rings. The Morgan fingerprint density at radius 2 is 2.05 bits per heavy atom. The number of ether oxygens (including phenoxy) is 1. The first kappa shape index (κ1) is 12.9. The molecule has 0 spiro atoms. The van der Waals surface area contributed by atoms with Gasteiger partial charge in [0, 0.05) is 5.69 Å². The van der Waals surface area contributed by atoms with Crippen molar-refractivity contribution < 1.29 is 19.1 Å². The van der Waals surface area contributed by atoms with E-state index in [0.717, 1.165) is 4.90 Å². The summed E-state index contributed by atoms with van der Waals surface area (Å²) < 4.78 is 4.99. The molecule has 0 unspecified atom stereocenters. The summed E-state index contributed by atoms with van der Waals surface area (Å²) in [5, 5.41) is 4.94. The zero-order valence-electron chi connectivity index (χ0n) is 10.3. The molecule has 4 amide bonds. The molecule has 0 bridgehead atoms. The summed E-state index contributed by atoms with van der Waals surface area (Å²) >= 11 is 0. The van der Waals surface area contributed by atoms with Gasteiger partial charge < -0.3 is 15.4 Å². The fraction of sp³-hybridized carbons (Fsp3) is 0.250. The van der Waals surface area contributed by atoms with Gasteiger partial charge in [-0.2, -0.15) is 0 Å². The van der Waals surface area contributed by atoms with Gasteiger partial charge in [-0.25, -0.2) is 4.79 Å². The third-order valence-electron chi connectivity index (χ3n) is 2.61. The number of nitrogens with one attached hydrogen (secondary N) is 2. The van der Waals surface area contributed by atoms with Crippen molar-refractivity contribution in [3.05, 3.63) is 24.3 Å².